The summed E-state index contributed by atoms with van der Waals surface area (Å²) in [4.78, 5) is 4.40. The Morgan fingerprint density at radius 2 is 2.59 bits per heavy atom. The van der Waals surface area contributed by atoms with Crippen LogP contribution in [0.25, 0.3) is 0 Å². The third-order valence-electron chi connectivity index (χ3n) is 2.21. The highest BCUT2D eigenvalue weighted by Gasteiger charge is 2.13. The molecular weight excluding hydrogens is 254 g/mol. The number of thioether (sulfide) groups is 1. The average Bonchev–Trinajstić information content (AvgIpc) is 2.75. The fourth-order valence-corrected chi connectivity index (χ4v) is 2.60. The Morgan fingerprint density at radius 3 is 3.35 bits per heavy atom. The lowest BCUT2D eigenvalue weighted by Gasteiger charge is -2.10. The lowest BCUT2D eigenvalue weighted by molar-refractivity contribution is 0.638. The zero-order valence-corrected chi connectivity index (χ0v) is 10.8. The Hall–Kier alpha value is -1.34. The summed E-state index contributed by atoms with van der Waals surface area (Å²) in [6.45, 7) is 5.06. The van der Waals surface area contributed by atoms with Gasteiger partial charge in [0.05, 0.1) is 0 Å². The van der Waals surface area contributed by atoms with Gasteiger partial charge in [-0.2, -0.15) is 0 Å². The van der Waals surface area contributed by atoms with Crippen molar-refractivity contribution in [3.05, 3.63) is 24.2 Å². The van der Waals surface area contributed by atoms with Crippen molar-refractivity contribution in [1.82, 2.24) is 14.9 Å². The van der Waals surface area contributed by atoms with Crippen LogP contribution in [0.5, 0.6) is 0 Å². The molecule has 1 aromatic rings. The second-order valence-electron chi connectivity index (χ2n) is 3.43. The molecule has 0 saturated heterocycles. The standard InChI is InChI=1S/C10H13N5S2/c1-2-3-12-9(16)13-8-6-7(11)15-4-5-17-10(15)14-8/h2,6,11H,1,3-5H2,(H2,12,13,16). The minimum atomic E-state index is 0.453. The van der Waals surface area contributed by atoms with Crippen molar-refractivity contribution in [3.8, 4) is 0 Å². The molecular formula is C10H13N5S2. The number of hydrogen-bond acceptors (Lipinski definition) is 4. The van der Waals surface area contributed by atoms with Crippen LogP contribution < -0.4 is 16.1 Å². The number of fused-ring (bicyclic) bond motifs is 1. The highest BCUT2D eigenvalue weighted by molar-refractivity contribution is 7.99. The lowest BCUT2D eigenvalue weighted by atomic mass is 10.5. The smallest absolute Gasteiger partial charge is 0.172 e. The molecule has 1 aromatic heterocycles. The van der Waals surface area contributed by atoms with Gasteiger partial charge in [-0.25, -0.2) is 4.98 Å². The van der Waals surface area contributed by atoms with Gasteiger partial charge in [-0.15, -0.1) is 6.58 Å². The van der Waals surface area contributed by atoms with E-state index in [1.54, 1.807) is 23.9 Å². The van der Waals surface area contributed by atoms with Crippen LogP contribution in [0.15, 0.2) is 23.9 Å². The van der Waals surface area contributed by atoms with Crippen LogP contribution in [0.3, 0.4) is 0 Å². The predicted molar refractivity (Wildman–Crippen MR) is 73.2 cm³/mol. The molecule has 0 aromatic carbocycles. The van der Waals surface area contributed by atoms with Crippen molar-refractivity contribution < 1.29 is 0 Å². The van der Waals surface area contributed by atoms with Crippen molar-refractivity contribution >= 4 is 34.9 Å². The molecule has 0 aliphatic carbocycles. The van der Waals surface area contributed by atoms with E-state index in [0.29, 0.717) is 23.0 Å². The lowest BCUT2D eigenvalue weighted by Crippen LogP contribution is -2.30. The quantitative estimate of drug-likeness (QED) is 0.432. The normalized spacial score (nSPS) is 12.9. The molecule has 0 spiro atoms. The molecule has 0 amide bonds. The molecule has 0 saturated carbocycles. The zero-order valence-electron chi connectivity index (χ0n) is 9.19. The van der Waals surface area contributed by atoms with Crippen LogP contribution >= 0.6 is 24.0 Å². The second-order valence-corrected chi connectivity index (χ2v) is 4.90. The molecule has 0 unspecified atom stereocenters. The Balaban J connectivity index is 2.12. The van der Waals surface area contributed by atoms with Gasteiger partial charge >= 0.3 is 0 Å². The van der Waals surface area contributed by atoms with E-state index in [1.165, 1.54) is 0 Å². The summed E-state index contributed by atoms with van der Waals surface area (Å²) in [5.41, 5.74) is 0.453. The number of aromatic nitrogens is 2. The van der Waals surface area contributed by atoms with Crippen molar-refractivity contribution in [2.24, 2.45) is 0 Å². The maximum Gasteiger partial charge on any atom is 0.172 e. The third kappa shape index (κ3) is 2.86. The first-order valence-electron chi connectivity index (χ1n) is 5.15. The molecule has 0 atom stereocenters. The summed E-state index contributed by atoms with van der Waals surface area (Å²) in [7, 11) is 0. The molecule has 90 valence electrons. The van der Waals surface area contributed by atoms with Gasteiger partial charge in [0.15, 0.2) is 10.3 Å². The van der Waals surface area contributed by atoms with E-state index in [-0.39, 0.29) is 0 Å². The van der Waals surface area contributed by atoms with E-state index < -0.39 is 0 Å². The molecule has 1 aliphatic heterocycles. The van der Waals surface area contributed by atoms with Crippen LogP contribution in [0, 0.1) is 5.41 Å². The van der Waals surface area contributed by atoms with Crippen molar-refractivity contribution in [2.45, 2.75) is 11.7 Å². The van der Waals surface area contributed by atoms with Gasteiger partial charge < -0.3 is 15.2 Å². The van der Waals surface area contributed by atoms with Crippen molar-refractivity contribution in [2.75, 3.05) is 17.6 Å². The van der Waals surface area contributed by atoms with Crippen molar-refractivity contribution in [3.63, 3.8) is 0 Å². The number of nitrogens with zero attached hydrogens (tertiary/aromatic N) is 2. The van der Waals surface area contributed by atoms with Gasteiger partial charge in [0.2, 0.25) is 0 Å². The first-order valence-corrected chi connectivity index (χ1v) is 6.55. The van der Waals surface area contributed by atoms with Crippen LogP contribution in [0.2, 0.25) is 0 Å². The van der Waals surface area contributed by atoms with Gasteiger partial charge in [0, 0.05) is 24.9 Å². The molecule has 0 bridgehead atoms. The molecule has 7 heteroatoms. The maximum absolute atomic E-state index is 7.86. The van der Waals surface area contributed by atoms with Gasteiger partial charge in [-0.05, 0) is 12.2 Å². The molecule has 17 heavy (non-hydrogen) atoms. The first kappa shape index (κ1) is 12.1. The summed E-state index contributed by atoms with van der Waals surface area (Å²) in [5.74, 6) is 1.58. The molecule has 3 N–H and O–H groups in total. The third-order valence-corrected chi connectivity index (χ3v) is 3.41. The van der Waals surface area contributed by atoms with Gasteiger partial charge in [-0.1, -0.05) is 17.8 Å². The van der Waals surface area contributed by atoms with E-state index in [2.05, 4.69) is 22.2 Å². The maximum atomic E-state index is 7.86. The van der Waals surface area contributed by atoms with E-state index in [1.807, 2.05) is 4.57 Å². The highest BCUT2D eigenvalue weighted by atomic mass is 32.2. The summed E-state index contributed by atoms with van der Waals surface area (Å²) in [6.07, 6.45) is 1.73. The minimum absolute atomic E-state index is 0.453. The minimum Gasteiger partial charge on any atom is -0.359 e. The summed E-state index contributed by atoms with van der Waals surface area (Å²) >= 11 is 6.74. The fraction of sp³-hybridized carbons (Fsp3) is 0.300. The van der Waals surface area contributed by atoms with Gasteiger partial charge in [0.25, 0.3) is 0 Å². The van der Waals surface area contributed by atoms with Crippen molar-refractivity contribution in [1.29, 1.82) is 5.41 Å². The fourth-order valence-electron chi connectivity index (χ4n) is 1.45. The Morgan fingerprint density at radius 1 is 1.76 bits per heavy atom. The van der Waals surface area contributed by atoms with Crippen LogP contribution in [0.4, 0.5) is 5.82 Å². The van der Waals surface area contributed by atoms with E-state index in [4.69, 9.17) is 17.6 Å². The largest absolute Gasteiger partial charge is 0.359 e. The second kappa shape index (κ2) is 5.33. The molecule has 0 fully saturated rings. The Bertz CT molecular complexity index is 508. The van der Waals surface area contributed by atoms with Crippen LogP contribution in [-0.2, 0) is 6.54 Å². The predicted octanol–water partition coefficient (Wildman–Crippen LogP) is 0.941. The Labute approximate surface area is 109 Å². The van der Waals surface area contributed by atoms with E-state index in [9.17, 15) is 0 Å². The van der Waals surface area contributed by atoms with Crippen LogP contribution in [0.1, 0.15) is 0 Å². The summed E-state index contributed by atoms with van der Waals surface area (Å²) in [5, 5.41) is 15.1. The topological polar surface area (TPSA) is 65.7 Å². The molecule has 5 nitrogen and oxygen atoms in total. The summed E-state index contributed by atoms with van der Waals surface area (Å²) in [6, 6.07) is 1.68. The molecule has 1 aliphatic rings. The Kier molecular flexibility index (Phi) is 3.80. The number of anilines is 1. The highest BCUT2D eigenvalue weighted by Crippen LogP contribution is 2.21. The number of hydrogen-bond donors (Lipinski definition) is 3. The van der Waals surface area contributed by atoms with E-state index >= 15 is 0 Å². The van der Waals surface area contributed by atoms with Crippen LogP contribution in [-0.4, -0.2) is 27.0 Å². The van der Waals surface area contributed by atoms with Gasteiger partial charge in [-0.3, -0.25) is 5.41 Å². The zero-order chi connectivity index (χ0) is 12.3. The van der Waals surface area contributed by atoms with E-state index in [0.717, 1.165) is 17.5 Å². The number of thiocarbonyl (C=S) groups is 1. The monoisotopic (exact) mass is 267 g/mol. The molecule has 0 radical (unpaired) electrons. The molecule has 2 heterocycles. The SMILES string of the molecule is C=CCNC(=S)Nc1cc(=N)n2c(n1)SCC2. The summed E-state index contributed by atoms with van der Waals surface area (Å²) < 4.78 is 1.88. The first-order chi connectivity index (χ1) is 8.20. The molecule has 2 rings (SSSR count). The number of rotatable bonds is 3. The number of nitrogens with one attached hydrogen (secondary N) is 3. The van der Waals surface area contributed by atoms with Gasteiger partial charge in [0.1, 0.15) is 11.3 Å². The average molecular weight is 267 g/mol.